The number of hydrogen-bond acceptors (Lipinski definition) is 2. The molecule has 82 valence electrons. The van der Waals surface area contributed by atoms with Crippen molar-refractivity contribution in [3.8, 4) is 12.3 Å². The van der Waals surface area contributed by atoms with E-state index in [1.54, 1.807) is 0 Å². The summed E-state index contributed by atoms with van der Waals surface area (Å²) in [5.74, 6) is 5.33. The van der Waals surface area contributed by atoms with Gasteiger partial charge in [-0.05, 0) is 29.4 Å². The van der Waals surface area contributed by atoms with Gasteiger partial charge in [-0.2, -0.15) is 0 Å². The van der Waals surface area contributed by atoms with Gasteiger partial charge in [-0.1, -0.05) is 25.8 Å². The fraction of sp³-hybridized carbons (Fsp3) is 0.500. The van der Waals surface area contributed by atoms with Crippen LogP contribution in [0.2, 0.25) is 0 Å². The van der Waals surface area contributed by atoms with Crippen molar-refractivity contribution in [3.05, 3.63) is 23.9 Å². The quantitative estimate of drug-likeness (QED) is 0.663. The minimum absolute atomic E-state index is 0.556. The van der Waals surface area contributed by atoms with Crippen LogP contribution in [-0.4, -0.2) is 18.1 Å². The van der Waals surface area contributed by atoms with Crippen molar-refractivity contribution in [1.82, 2.24) is 4.98 Å². The summed E-state index contributed by atoms with van der Waals surface area (Å²) in [6, 6.07) is 5.93. The Morgan fingerprint density at radius 3 is 2.69 bits per heavy atom. The van der Waals surface area contributed by atoms with Crippen LogP contribution in [-0.2, 0) is 0 Å². The highest BCUT2D eigenvalue weighted by atomic mass is 15.2. The van der Waals surface area contributed by atoms with Crippen LogP contribution in [0, 0.1) is 29.6 Å². The summed E-state index contributed by atoms with van der Waals surface area (Å²) >= 11 is 0. The van der Waals surface area contributed by atoms with E-state index in [9.17, 15) is 0 Å². The third-order valence-corrected chi connectivity index (χ3v) is 4.33. The van der Waals surface area contributed by atoms with Crippen LogP contribution in [0.4, 0.5) is 5.82 Å². The lowest BCUT2D eigenvalue weighted by atomic mass is 10.1. The molecule has 2 atom stereocenters. The Hall–Kier alpha value is -1.49. The van der Waals surface area contributed by atoms with Gasteiger partial charge in [-0.3, -0.25) is 0 Å². The lowest BCUT2D eigenvalue weighted by Crippen LogP contribution is -2.26. The van der Waals surface area contributed by atoms with Crippen LogP contribution in [0.25, 0.3) is 0 Å². The van der Waals surface area contributed by atoms with E-state index < -0.39 is 0 Å². The number of nitrogens with zero attached hydrogens (tertiary/aromatic N) is 2. The van der Waals surface area contributed by atoms with Crippen LogP contribution in [0.3, 0.4) is 0 Å². The molecule has 1 aliphatic heterocycles. The highest BCUT2D eigenvalue weighted by Gasteiger charge is 2.62. The van der Waals surface area contributed by atoms with E-state index in [0.29, 0.717) is 5.41 Å². The van der Waals surface area contributed by atoms with Crippen molar-refractivity contribution in [1.29, 1.82) is 0 Å². The van der Waals surface area contributed by atoms with Crippen molar-refractivity contribution >= 4 is 5.82 Å². The van der Waals surface area contributed by atoms with Crippen LogP contribution in [0.1, 0.15) is 19.5 Å². The van der Waals surface area contributed by atoms with Gasteiger partial charge in [0.2, 0.25) is 0 Å². The van der Waals surface area contributed by atoms with Gasteiger partial charge in [0, 0.05) is 13.1 Å². The number of anilines is 1. The molecule has 2 fully saturated rings. The van der Waals surface area contributed by atoms with Crippen molar-refractivity contribution < 1.29 is 0 Å². The SMILES string of the molecule is C#Cc1cccc(N2CC3C(C2)C3(C)C)n1. The number of aromatic nitrogens is 1. The molecular formula is C14H16N2. The van der Waals surface area contributed by atoms with E-state index in [1.807, 2.05) is 12.1 Å². The molecule has 2 unspecified atom stereocenters. The summed E-state index contributed by atoms with van der Waals surface area (Å²) in [5, 5.41) is 0. The summed E-state index contributed by atoms with van der Waals surface area (Å²) in [7, 11) is 0. The molecule has 0 radical (unpaired) electrons. The monoisotopic (exact) mass is 212 g/mol. The molecule has 2 heteroatoms. The zero-order valence-corrected chi connectivity index (χ0v) is 9.77. The maximum atomic E-state index is 5.37. The molecular weight excluding hydrogens is 196 g/mol. The minimum Gasteiger partial charge on any atom is -0.356 e. The van der Waals surface area contributed by atoms with Crippen LogP contribution >= 0.6 is 0 Å². The fourth-order valence-electron chi connectivity index (χ4n) is 3.00. The average molecular weight is 212 g/mol. The summed E-state index contributed by atoms with van der Waals surface area (Å²) in [6.45, 7) is 7.01. The van der Waals surface area contributed by atoms with Crippen molar-refractivity contribution in [3.63, 3.8) is 0 Å². The number of piperidine rings is 1. The maximum absolute atomic E-state index is 5.37. The van der Waals surface area contributed by atoms with Crippen LogP contribution in [0.5, 0.6) is 0 Å². The standard InChI is InChI=1S/C14H16N2/c1-4-10-6-5-7-13(15-10)16-8-11-12(9-16)14(11,2)3/h1,5-7,11-12H,8-9H2,2-3H3. The molecule has 1 aromatic heterocycles. The Balaban J connectivity index is 1.79. The van der Waals surface area contributed by atoms with Gasteiger partial charge in [-0.25, -0.2) is 4.98 Å². The third kappa shape index (κ3) is 1.24. The highest BCUT2D eigenvalue weighted by Crippen LogP contribution is 2.62. The Morgan fingerprint density at radius 2 is 2.06 bits per heavy atom. The van der Waals surface area contributed by atoms with Gasteiger partial charge in [0.25, 0.3) is 0 Å². The average Bonchev–Trinajstić information content (AvgIpc) is 2.72. The molecule has 1 saturated heterocycles. The highest BCUT2D eigenvalue weighted by molar-refractivity contribution is 5.45. The van der Waals surface area contributed by atoms with Gasteiger partial charge in [0.15, 0.2) is 0 Å². The second kappa shape index (κ2) is 3.01. The fourth-order valence-corrected chi connectivity index (χ4v) is 3.00. The first-order valence-electron chi connectivity index (χ1n) is 5.81. The summed E-state index contributed by atoms with van der Waals surface area (Å²) in [5.41, 5.74) is 1.29. The minimum atomic E-state index is 0.556. The first-order chi connectivity index (χ1) is 7.63. The third-order valence-electron chi connectivity index (χ3n) is 4.33. The Kier molecular flexibility index (Phi) is 1.83. The molecule has 0 N–H and O–H groups in total. The van der Waals surface area contributed by atoms with Crippen molar-refractivity contribution in [2.45, 2.75) is 13.8 Å². The van der Waals surface area contributed by atoms with Gasteiger partial charge in [-0.15, -0.1) is 6.42 Å². The molecule has 1 aromatic rings. The summed E-state index contributed by atoms with van der Waals surface area (Å²) < 4.78 is 0. The zero-order chi connectivity index (χ0) is 11.3. The second-order valence-electron chi connectivity index (χ2n) is 5.46. The van der Waals surface area contributed by atoms with Gasteiger partial charge < -0.3 is 4.90 Å². The normalized spacial score (nSPS) is 29.7. The first kappa shape index (κ1) is 9.72. The van der Waals surface area contributed by atoms with Crippen LogP contribution < -0.4 is 4.90 Å². The first-order valence-corrected chi connectivity index (χ1v) is 5.81. The van der Waals surface area contributed by atoms with E-state index in [4.69, 9.17) is 6.42 Å². The maximum Gasteiger partial charge on any atom is 0.130 e. The Morgan fingerprint density at radius 1 is 1.38 bits per heavy atom. The molecule has 0 aromatic carbocycles. The molecule has 2 aliphatic rings. The molecule has 1 saturated carbocycles. The topological polar surface area (TPSA) is 16.1 Å². The van der Waals surface area contributed by atoms with E-state index >= 15 is 0 Å². The lowest BCUT2D eigenvalue weighted by molar-refractivity contribution is 0.498. The van der Waals surface area contributed by atoms with E-state index in [-0.39, 0.29) is 0 Å². The largest absolute Gasteiger partial charge is 0.356 e. The molecule has 1 aliphatic carbocycles. The molecule has 0 amide bonds. The van der Waals surface area contributed by atoms with E-state index in [1.165, 1.54) is 0 Å². The Labute approximate surface area is 96.7 Å². The molecule has 2 heterocycles. The summed E-state index contributed by atoms with van der Waals surface area (Å²) in [6.07, 6.45) is 5.37. The predicted octanol–water partition coefficient (Wildman–Crippen LogP) is 2.16. The van der Waals surface area contributed by atoms with Gasteiger partial charge in [0.1, 0.15) is 11.5 Å². The summed E-state index contributed by atoms with van der Waals surface area (Å²) in [4.78, 5) is 6.83. The molecule has 0 bridgehead atoms. The predicted molar refractivity (Wildman–Crippen MR) is 65.1 cm³/mol. The van der Waals surface area contributed by atoms with Crippen molar-refractivity contribution in [2.75, 3.05) is 18.0 Å². The molecule has 3 rings (SSSR count). The number of pyridine rings is 1. The zero-order valence-electron chi connectivity index (χ0n) is 9.77. The molecule has 0 spiro atoms. The number of hydrogen-bond donors (Lipinski definition) is 0. The number of terminal acetylenes is 1. The van der Waals surface area contributed by atoms with Crippen LogP contribution in [0.15, 0.2) is 18.2 Å². The van der Waals surface area contributed by atoms with E-state index in [2.05, 4.69) is 35.7 Å². The second-order valence-corrected chi connectivity index (χ2v) is 5.46. The smallest absolute Gasteiger partial charge is 0.130 e. The molecule has 16 heavy (non-hydrogen) atoms. The van der Waals surface area contributed by atoms with E-state index in [0.717, 1.165) is 36.4 Å². The lowest BCUT2D eigenvalue weighted by Gasteiger charge is -2.23. The van der Waals surface area contributed by atoms with Crippen molar-refractivity contribution in [2.24, 2.45) is 17.3 Å². The number of rotatable bonds is 1. The van der Waals surface area contributed by atoms with Gasteiger partial charge >= 0.3 is 0 Å². The number of fused-ring (bicyclic) bond motifs is 1. The molecule has 2 nitrogen and oxygen atoms in total. The van der Waals surface area contributed by atoms with Gasteiger partial charge in [0.05, 0.1) is 0 Å². The Bertz CT molecular complexity index is 456.